The van der Waals surface area contributed by atoms with Crippen molar-refractivity contribution in [2.45, 2.75) is 31.3 Å². The van der Waals surface area contributed by atoms with Crippen molar-refractivity contribution in [1.29, 1.82) is 0 Å². The van der Waals surface area contributed by atoms with Crippen molar-refractivity contribution in [3.8, 4) is 5.75 Å². The predicted molar refractivity (Wildman–Crippen MR) is 115 cm³/mol. The first-order valence-electron chi connectivity index (χ1n) is 10.2. The molecule has 8 heteroatoms. The molecule has 1 aliphatic heterocycles. The number of imide groups is 1. The first-order chi connectivity index (χ1) is 15.0. The molecule has 1 saturated heterocycles. The average molecular weight is 425 g/mol. The number of amides is 4. The average Bonchev–Trinajstić information content (AvgIpc) is 3.05. The summed E-state index contributed by atoms with van der Waals surface area (Å²) < 4.78 is 5.12. The second kappa shape index (κ2) is 10.6. The van der Waals surface area contributed by atoms with Gasteiger partial charge in [-0.25, -0.2) is 4.79 Å². The maximum atomic E-state index is 12.6. The number of carbonyl (C=O) groups is 3. The lowest BCUT2D eigenvalue weighted by Crippen LogP contribution is -2.43. The third kappa shape index (κ3) is 6.05. The summed E-state index contributed by atoms with van der Waals surface area (Å²) in [5, 5.41) is 14.9. The zero-order chi connectivity index (χ0) is 22.2. The summed E-state index contributed by atoms with van der Waals surface area (Å²) in [5.74, 6) is -0.0822. The molecule has 2 aromatic carbocycles. The highest BCUT2D eigenvalue weighted by Gasteiger charge is 2.38. The summed E-state index contributed by atoms with van der Waals surface area (Å²) in [7, 11) is 1.59. The molecule has 2 atom stereocenters. The second-order valence-electron chi connectivity index (χ2n) is 7.43. The molecule has 4 amide bonds. The molecule has 3 rings (SSSR count). The molecule has 1 heterocycles. The Morgan fingerprint density at radius 1 is 1.13 bits per heavy atom. The first kappa shape index (κ1) is 22.3. The Hall–Kier alpha value is -3.39. The summed E-state index contributed by atoms with van der Waals surface area (Å²) in [5.41, 5.74) is 1.95. The Morgan fingerprint density at radius 3 is 2.48 bits per heavy atom. The topological polar surface area (TPSA) is 108 Å². The molecule has 1 fully saturated rings. The van der Waals surface area contributed by atoms with Crippen molar-refractivity contribution in [3.05, 3.63) is 65.7 Å². The number of aliphatic hydroxyl groups is 1. The zero-order valence-electron chi connectivity index (χ0n) is 17.4. The van der Waals surface area contributed by atoms with Crippen LogP contribution in [-0.2, 0) is 22.4 Å². The fourth-order valence-corrected chi connectivity index (χ4v) is 3.49. The maximum Gasteiger partial charge on any atom is 0.324 e. The number of nitrogens with zero attached hydrogens (tertiary/aromatic N) is 1. The van der Waals surface area contributed by atoms with Gasteiger partial charge in [0.25, 0.3) is 5.91 Å². The van der Waals surface area contributed by atoms with Crippen LogP contribution in [-0.4, -0.2) is 60.2 Å². The van der Waals surface area contributed by atoms with Crippen molar-refractivity contribution in [1.82, 2.24) is 15.5 Å². The van der Waals surface area contributed by atoms with Crippen LogP contribution in [0.4, 0.5) is 4.79 Å². The predicted octanol–water partition coefficient (Wildman–Crippen LogP) is 1.27. The van der Waals surface area contributed by atoms with Crippen LogP contribution in [0.5, 0.6) is 5.75 Å². The van der Waals surface area contributed by atoms with Crippen LogP contribution in [0.25, 0.3) is 0 Å². The van der Waals surface area contributed by atoms with Gasteiger partial charge in [0.2, 0.25) is 5.91 Å². The van der Waals surface area contributed by atoms with Crippen molar-refractivity contribution >= 4 is 17.8 Å². The quantitative estimate of drug-likeness (QED) is 0.497. The van der Waals surface area contributed by atoms with E-state index < -0.39 is 29.9 Å². The van der Waals surface area contributed by atoms with Crippen LogP contribution < -0.4 is 15.4 Å². The fraction of sp³-hybridized carbons (Fsp3) is 0.348. The molecule has 0 bridgehead atoms. The highest BCUT2D eigenvalue weighted by atomic mass is 16.5. The molecule has 31 heavy (non-hydrogen) atoms. The van der Waals surface area contributed by atoms with Gasteiger partial charge >= 0.3 is 6.03 Å². The number of aliphatic hydroxyl groups excluding tert-OH is 1. The molecule has 0 aliphatic carbocycles. The third-order valence-corrected chi connectivity index (χ3v) is 5.19. The van der Waals surface area contributed by atoms with Gasteiger partial charge < -0.3 is 20.5 Å². The normalized spacial score (nSPS) is 16.7. The Morgan fingerprint density at radius 2 is 1.84 bits per heavy atom. The van der Waals surface area contributed by atoms with Crippen LogP contribution in [0, 0.1) is 0 Å². The molecule has 0 aromatic heterocycles. The molecule has 164 valence electrons. The molecular weight excluding hydrogens is 398 g/mol. The number of hydrogen-bond acceptors (Lipinski definition) is 5. The number of urea groups is 1. The SMILES string of the molecule is COc1ccc(CCN2C(=O)NC(CC(=O)N[C@H](CO)Cc3ccccc3)C2=O)cc1. The Balaban J connectivity index is 1.50. The van der Waals surface area contributed by atoms with Gasteiger partial charge in [-0.2, -0.15) is 0 Å². The Labute approximate surface area is 181 Å². The second-order valence-corrected chi connectivity index (χ2v) is 7.43. The van der Waals surface area contributed by atoms with Crippen LogP contribution in [0.2, 0.25) is 0 Å². The smallest absolute Gasteiger partial charge is 0.324 e. The number of rotatable bonds is 10. The minimum atomic E-state index is -0.903. The summed E-state index contributed by atoms with van der Waals surface area (Å²) in [6.07, 6.45) is 0.808. The molecule has 2 aromatic rings. The van der Waals surface area contributed by atoms with Gasteiger partial charge in [-0.15, -0.1) is 0 Å². The van der Waals surface area contributed by atoms with Gasteiger partial charge in [0.05, 0.1) is 26.2 Å². The number of hydrogen-bond donors (Lipinski definition) is 3. The van der Waals surface area contributed by atoms with Crippen LogP contribution in [0.15, 0.2) is 54.6 Å². The lowest BCUT2D eigenvalue weighted by Gasteiger charge is -2.17. The van der Waals surface area contributed by atoms with E-state index in [1.165, 1.54) is 0 Å². The number of nitrogens with one attached hydrogen (secondary N) is 2. The number of ether oxygens (including phenoxy) is 1. The molecule has 0 saturated carbocycles. The number of methoxy groups -OCH3 is 1. The molecule has 0 spiro atoms. The van der Waals surface area contributed by atoms with Gasteiger partial charge in [0.1, 0.15) is 11.8 Å². The van der Waals surface area contributed by atoms with Crippen molar-refractivity contribution in [2.75, 3.05) is 20.3 Å². The van der Waals surface area contributed by atoms with E-state index in [2.05, 4.69) is 10.6 Å². The third-order valence-electron chi connectivity index (χ3n) is 5.19. The minimum Gasteiger partial charge on any atom is -0.497 e. The zero-order valence-corrected chi connectivity index (χ0v) is 17.4. The molecule has 8 nitrogen and oxygen atoms in total. The van der Waals surface area contributed by atoms with Crippen molar-refractivity contribution in [2.24, 2.45) is 0 Å². The largest absolute Gasteiger partial charge is 0.497 e. The van der Waals surface area contributed by atoms with Gasteiger partial charge in [0.15, 0.2) is 0 Å². The molecular formula is C23H27N3O5. The highest BCUT2D eigenvalue weighted by molar-refractivity contribution is 6.05. The van der Waals surface area contributed by atoms with Crippen molar-refractivity contribution < 1.29 is 24.2 Å². The van der Waals surface area contributed by atoms with E-state index >= 15 is 0 Å². The minimum absolute atomic E-state index is 0.172. The van der Waals surface area contributed by atoms with E-state index in [0.29, 0.717) is 12.8 Å². The van der Waals surface area contributed by atoms with E-state index in [1.54, 1.807) is 7.11 Å². The number of benzene rings is 2. The van der Waals surface area contributed by atoms with Gasteiger partial charge in [-0.1, -0.05) is 42.5 Å². The Kier molecular flexibility index (Phi) is 7.61. The van der Waals surface area contributed by atoms with Gasteiger partial charge in [-0.3, -0.25) is 14.5 Å². The standard InChI is InChI=1S/C23H27N3O5/c1-31-19-9-7-16(8-10-19)11-12-26-22(29)20(25-23(26)30)14-21(28)24-18(15-27)13-17-5-3-2-4-6-17/h2-10,18,20,27H,11-15H2,1H3,(H,24,28)(H,25,30)/t18-,20?/m0/s1. The summed E-state index contributed by atoms with van der Waals surface area (Å²) in [6, 6.07) is 15.0. The lowest BCUT2D eigenvalue weighted by atomic mass is 10.1. The van der Waals surface area contributed by atoms with Gasteiger partial charge in [-0.05, 0) is 36.1 Å². The lowest BCUT2D eigenvalue weighted by molar-refractivity contribution is -0.131. The summed E-state index contributed by atoms with van der Waals surface area (Å²) in [4.78, 5) is 38.4. The highest BCUT2D eigenvalue weighted by Crippen LogP contribution is 2.15. The summed E-state index contributed by atoms with van der Waals surface area (Å²) in [6.45, 7) is 0.00196. The maximum absolute atomic E-state index is 12.6. The van der Waals surface area contributed by atoms with E-state index in [9.17, 15) is 19.5 Å². The summed E-state index contributed by atoms with van der Waals surface area (Å²) >= 11 is 0. The van der Waals surface area contributed by atoms with E-state index in [1.807, 2.05) is 54.6 Å². The van der Waals surface area contributed by atoms with Crippen LogP contribution in [0.1, 0.15) is 17.5 Å². The monoisotopic (exact) mass is 425 g/mol. The Bertz CT molecular complexity index is 901. The van der Waals surface area contributed by atoms with E-state index in [0.717, 1.165) is 21.8 Å². The van der Waals surface area contributed by atoms with Gasteiger partial charge in [0, 0.05) is 6.54 Å². The molecule has 3 N–H and O–H groups in total. The molecule has 1 aliphatic rings. The van der Waals surface area contributed by atoms with Crippen LogP contribution in [0.3, 0.4) is 0 Å². The first-order valence-corrected chi connectivity index (χ1v) is 10.2. The molecule has 1 unspecified atom stereocenters. The molecule has 0 radical (unpaired) electrons. The van der Waals surface area contributed by atoms with Crippen LogP contribution >= 0.6 is 0 Å². The number of carbonyl (C=O) groups excluding carboxylic acids is 3. The van der Waals surface area contributed by atoms with E-state index in [-0.39, 0.29) is 19.6 Å². The van der Waals surface area contributed by atoms with Crippen molar-refractivity contribution in [3.63, 3.8) is 0 Å². The fourth-order valence-electron chi connectivity index (χ4n) is 3.49. The van der Waals surface area contributed by atoms with E-state index in [4.69, 9.17) is 4.74 Å².